The van der Waals surface area contributed by atoms with Crippen LogP contribution in [0.1, 0.15) is 49.0 Å². The quantitative estimate of drug-likeness (QED) is 0.797. The zero-order chi connectivity index (χ0) is 19.7. The summed E-state index contributed by atoms with van der Waals surface area (Å²) in [7, 11) is 0. The van der Waals surface area contributed by atoms with E-state index in [-0.39, 0.29) is 11.9 Å². The van der Waals surface area contributed by atoms with Gasteiger partial charge >= 0.3 is 0 Å². The van der Waals surface area contributed by atoms with Crippen LogP contribution in [0.5, 0.6) is 0 Å². The number of primary amides is 1. The first-order chi connectivity index (χ1) is 13.5. The van der Waals surface area contributed by atoms with Crippen LogP contribution in [0.15, 0.2) is 30.5 Å². The van der Waals surface area contributed by atoms with Crippen molar-refractivity contribution < 1.29 is 9.18 Å². The fourth-order valence-corrected chi connectivity index (χ4v) is 4.32. The molecule has 150 valence electrons. The molecule has 1 aliphatic carbocycles. The third-order valence-electron chi connectivity index (χ3n) is 6.13. The van der Waals surface area contributed by atoms with Crippen LogP contribution in [-0.2, 0) is 0 Å². The maximum Gasteiger partial charge on any atom is 0.254 e. The molecule has 0 spiro atoms. The lowest BCUT2D eigenvalue weighted by molar-refractivity contribution is 0.0932. The summed E-state index contributed by atoms with van der Waals surface area (Å²) in [4.78, 5) is 14.5. The number of aromatic nitrogens is 2. The third kappa shape index (κ3) is 4.04. The lowest BCUT2D eigenvalue weighted by Gasteiger charge is -2.40. The number of carbonyl (C=O) groups is 1. The van der Waals surface area contributed by atoms with Crippen molar-refractivity contribution in [3.8, 4) is 0 Å². The minimum absolute atomic E-state index is 0.236. The first kappa shape index (κ1) is 18.9. The van der Waals surface area contributed by atoms with Gasteiger partial charge < -0.3 is 16.0 Å². The highest BCUT2D eigenvalue weighted by Gasteiger charge is 2.31. The van der Waals surface area contributed by atoms with E-state index in [0.717, 1.165) is 25.4 Å². The van der Waals surface area contributed by atoms with Gasteiger partial charge in [0.2, 0.25) is 0 Å². The molecule has 1 saturated heterocycles. The first-order valence-electron chi connectivity index (χ1n) is 10.1. The number of benzene rings is 1. The highest BCUT2D eigenvalue weighted by Crippen LogP contribution is 2.33. The van der Waals surface area contributed by atoms with Crippen molar-refractivity contribution in [1.29, 1.82) is 0 Å². The Balaban J connectivity index is 1.48. The molecule has 0 radical (unpaired) electrons. The van der Waals surface area contributed by atoms with Crippen molar-refractivity contribution in [2.24, 2.45) is 17.6 Å². The van der Waals surface area contributed by atoms with Crippen molar-refractivity contribution in [3.05, 3.63) is 41.8 Å². The van der Waals surface area contributed by atoms with E-state index in [0.29, 0.717) is 23.0 Å². The minimum atomic E-state index is -0.522. The van der Waals surface area contributed by atoms with Crippen LogP contribution < -0.4 is 11.1 Å². The molecule has 28 heavy (non-hydrogen) atoms. The number of piperidine rings is 1. The highest BCUT2D eigenvalue weighted by atomic mass is 19.1. The Morgan fingerprint density at radius 2 is 2.04 bits per heavy atom. The summed E-state index contributed by atoms with van der Waals surface area (Å²) in [6, 6.07) is 6.19. The summed E-state index contributed by atoms with van der Waals surface area (Å²) in [6.45, 7) is 5.56. The van der Waals surface area contributed by atoms with Gasteiger partial charge in [0.25, 0.3) is 5.91 Å². The number of nitrogens with two attached hydrogens (primary N) is 1. The van der Waals surface area contributed by atoms with E-state index >= 15 is 0 Å². The maximum absolute atomic E-state index is 13.1. The average molecular weight is 385 g/mol. The minimum Gasteiger partial charge on any atom is -0.365 e. The molecule has 1 aromatic heterocycles. The summed E-state index contributed by atoms with van der Waals surface area (Å²) in [5.41, 5.74) is 6.59. The fraction of sp³-hybridized carbons (Fsp3) is 0.524. The molecule has 1 saturated carbocycles. The van der Waals surface area contributed by atoms with E-state index in [2.05, 4.69) is 22.2 Å². The van der Waals surface area contributed by atoms with Gasteiger partial charge in [-0.2, -0.15) is 5.10 Å². The van der Waals surface area contributed by atoms with Crippen LogP contribution in [0.25, 0.3) is 0 Å². The molecule has 7 heteroatoms. The number of carbonyl (C=O) groups excluding carboxylic acids is 1. The van der Waals surface area contributed by atoms with Crippen LogP contribution >= 0.6 is 0 Å². The first-order valence-corrected chi connectivity index (χ1v) is 10.1. The summed E-state index contributed by atoms with van der Waals surface area (Å²) in [5, 5.41) is 7.72. The van der Waals surface area contributed by atoms with Crippen LogP contribution in [0.2, 0.25) is 0 Å². The van der Waals surface area contributed by atoms with E-state index in [1.165, 1.54) is 37.9 Å². The Hall–Kier alpha value is -2.41. The molecule has 2 heterocycles. The highest BCUT2D eigenvalue weighted by molar-refractivity contribution is 5.98. The molecule has 1 aromatic carbocycles. The zero-order valence-corrected chi connectivity index (χ0v) is 16.3. The molecule has 2 aromatic rings. The van der Waals surface area contributed by atoms with Gasteiger partial charge in [-0.3, -0.25) is 9.48 Å². The summed E-state index contributed by atoms with van der Waals surface area (Å²) in [5.74, 6) is 0.900. The number of nitrogens with zero attached hydrogens (tertiary/aromatic N) is 3. The standard InChI is InChI=1S/C21H28FN5O/c1-14-11-26(12-15-3-2-4-15)10-9-19(14)27-13-18(20(23)28)21(25-27)24-17-7-5-16(22)6-8-17/h5-8,13-15,19H,2-4,9-12H2,1H3,(H2,23,28)(H,24,25)/t14-,19-/m1/s1. The molecule has 0 bridgehead atoms. The molecule has 1 aliphatic heterocycles. The molecule has 3 N–H and O–H groups in total. The van der Waals surface area contributed by atoms with Gasteiger partial charge in [-0.1, -0.05) is 13.3 Å². The molecule has 1 amide bonds. The van der Waals surface area contributed by atoms with Crippen LogP contribution in [-0.4, -0.2) is 40.2 Å². The van der Waals surface area contributed by atoms with Gasteiger partial charge in [0, 0.05) is 31.5 Å². The van der Waals surface area contributed by atoms with Gasteiger partial charge in [-0.15, -0.1) is 0 Å². The molecule has 6 nitrogen and oxygen atoms in total. The number of halogens is 1. The number of amides is 1. The Bertz CT molecular complexity index is 830. The fourth-order valence-electron chi connectivity index (χ4n) is 4.32. The molecule has 2 atom stereocenters. The number of nitrogens with one attached hydrogen (secondary N) is 1. The Morgan fingerprint density at radius 1 is 1.29 bits per heavy atom. The van der Waals surface area contributed by atoms with E-state index in [9.17, 15) is 9.18 Å². The number of hydrogen-bond acceptors (Lipinski definition) is 4. The SMILES string of the molecule is C[C@@H]1CN(CC2CCC2)CC[C@H]1n1cc(C(N)=O)c(Nc2ccc(F)cc2)n1. The largest absolute Gasteiger partial charge is 0.365 e. The monoisotopic (exact) mass is 385 g/mol. The van der Waals surface area contributed by atoms with Crippen LogP contribution in [0.3, 0.4) is 0 Å². The van der Waals surface area contributed by atoms with Crippen molar-refractivity contribution in [2.75, 3.05) is 25.0 Å². The molecule has 4 rings (SSSR count). The van der Waals surface area contributed by atoms with E-state index < -0.39 is 5.91 Å². The van der Waals surface area contributed by atoms with Crippen molar-refractivity contribution in [1.82, 2.24) is 14.7 Å². The van der Waals surface area contributed by atoms with Crippen LogP contribution in [0, 0.1) is 17.7 Å². The lowest BCUT2D eigenvalue weighted by atomic mass is 9.84. The van der Waals surface area contributed by atoms with Crippen LogP contribution in [0.4, 0.5) is 15.9 Å². The van der Waals surface area contributed by atoms with Gasteiger partial charge in [0.1, 0.15) is 11.4 Å². The van der Waals surface area contributed by atoms with Gasteiger partial charge in [-0.05, 0) is 55.4 Å². The lowest BCUT2D eigenvalue weighted by Crippen LogP contribution is -2.43. The summed E-state index contributed by atoms with van der Waals surface area (Å²) >= 11 is 0. The maximum atomic E-state index is 13.1. The van der Waals surface area contributed by atoms with Gasteiger partial charge in [0.15, 0.2) is 5.82 Å². The number of hydrogen-bond donors (Lipinski definition) is 2. The van der Waals surface area contributed by atoms with E-state index in [1.54, 1.807) is 18.3 Å². The third-order valence-corrected chi connectivity index (χ3v) is 6.13. The van der Waals surface area contributed by atoms with Crippen molar-refractivity contribution in [3.63, 3.8) is 0 Å². The topological polar surface area (TPSA) is 76.2 Å². The number of likely N-dealkylation sites (tertiary alicyclic amines) is 1. The Morgan fingerprint density at radius 3 is 2.64 bits per heavy atom. The zero-order valence-electron chi connectivity index (χ0n) is 16.3. The van der Waals surface area contributed by atoms with E-state index in [1.807, 2.05) is 4.68 Å². The van der Waals surface area contributed by atoms with Gasteiger partial charge in [0.05, 0.1) is 6.04 Å². The average Bonchev–Trinajstić information content (AvgIpc) is 3.04. The number of anilines is 2. The molecular weight excluding hydrogens is 357 g/mol. The van der Waals surface area contributed by atoms with Crippen molar-refractivity contribution >= 4 is 17.4 Å². The molecular formula is C21H28FN5O. The summed E-state index contributed by atoms with van der Waals surface area (Å²) < 4.78 is 15.0. The van der Waals surface area contributed by atoms with Gasteiger partial charge in [-0.25, -0.2) is 4.39 Å². The summed E-state index contributed by atoms with van der Waals surface area (Å²) in [6.07, 6.45) is 6.87. The Kier molecular flexibility index (Phi) is 5.35. The second-order valence-corrected chi connectivity index (χ2v) is 8.26. The Labute approximate surface area is 164 Å². The molecule has 0 unspecified atom stereocenters. The second kappa shape index (κ2) is 7.91. The van der Waals surface area contributed by atoms with Crippen molar-refractivity contribution in [2.45, 2.75) is 38.6 Å². The molecule has 2 aliphatic rings. The number of rotatable bonds is 6. The smallest absolute Gasteiger partial charge is 0.254 e. The normalized spacial score (nSPS) is 23.4. The van der Waals surface area contributed by atoms with E-state index in [4.69, 9.17) is 5.73 Å². The second-order valence-electron chi connectivity index (χ2n) is 8.26. The predicted molar refractivity (Wildman–Crippen MR) is 107 cm³/mol. The molecule has 2 fully saturated rings. The predicted octanol–water partition coefficient (Wildman–Crippen LogP) is 3.55.